The summed E-state index contributed by atoms with van der Waals surface area (Å²) in [5.74, 6) is -1.93. The molecule has 0 aliphatic heterocycles. The molecule has 14 heavy (non-hydrogen) atoms. The third-order valence-corrected chi connectivity index (χ3v) is 2.02. The first-order valence-electron chi connectivity index (χ1n) is 4.40. The summed E-state index contributed by atoms with van der Waals surface area (Å²) in [4.78, 5) is 10.5. The molecule has 3 heteroatoms. The fraction of sp³-hybridized carbons (Fsp3) is 0.273. The Morgan fingerprint density at radius 2 is 2.07 bits per heavy atom. The molecule has 0 spiro atoms. The van der Waals surface area contributed by atoms with Crippen molar-refractivity contribution < 1.29 is 9.90 Å². The zero-order valence-electron chi connectivity index (χ0n) is 7.68. The Hall–Kier alpha value is -1.82. The van der Waals surface area contributed by atoms with Gasteiger partial charge in [0.15, 0.2) is 0 Å². The Labute approximate surface area is 82.6 Å². The molecule has 0 saturated heterocycles. The van der Waals surface area contributed by atoms with Crippen molar-refractivity contribution in [2.24, 2.45) is 5.92 Å². The molecule has 72 valence electrons. The smallest absolute Gasteiger partial charge is 0.320 e. The minimum absolute atomic E-state index is 0.371. The summed E-state index contributed by atoms with van der Waals surface area (Å²) in [5, 5.41) is 17.2. The van der Waals surface area contributed by atoms with Gasteiger partial charge in [-0.05, 0) is 18.4 Å². The van der Waals surface area contributed by atoms with E-state index in [0.717, 1.165) is 5.56 Å². The van der Waals surface area contributed by atoms with Gasteiger partial charge in [0.1, 0.15) is 5.92 Å². The predicted molar refractivity (Wildman–Crippen MR) is 51.5 cm³/mol. The number of carboxylic acids is 1. The summed E-state index contributed by atoms with van der Waals surface area (Å²) in [6.45, 7) is 0. The molecule has 1 aromatic rings. The third-order valence-electron chi connectivity index (χ3n) is 2.02. The number of aliphatic carboxylic acids is 1. The largest absolute Gasteiger partial charge is 0.480 e. The minimum atomic E-state index is -1.04. The van der Waals surface area contributed by atoms with E-state index < -0.39 is 11.9 Å². The first-order valence-corrected chi connectivity index (χ1v) is 4.40. The summed E-state index contributed by atoms with van der Waals surface area (Å²) in [6, 6.07) is 11.3. The molecule has 0 amide bonds. The van der Waals surface area contributed by atoms with E-state index in [1.54, 1.807) is 6.07 Å². The Morgan fingerprint density at radius 1 is 1.43 bits per heavy atom. The van der Waals surface area contributed by atoms with Crippen LogP contribution in [0.15, 0.2) is 30.3 Å². The standard InChI is InChI=1S/C11H11NO2/c12-8-10(11(13)14)7-6-9-4-2-1-3-5-9/h1-5,10H,6-7H2,(H,13,14)/t10-/m0/s1. The van der Waals surface area contributed by atoms with Crippen molar-refractivity contribution in [2.45, 2.75) is 12.8 Å². The normalized spacial score (nSPS) is 11.6. The van der Waals surface area contributed by atoms with Crippen LogP contribution in [0.1, 0.15) is 12.0 Å². The van der Waals surface area contributed by atoms with E-state index in [1.165, 1.54) is 0 Å². The fourth-order valence-corrected chi connectivity index (χ4v) is 1.20. The van der Waals surface area contributed by atoms with Crippen molar-refractivity contribution >= 4 is 5.97 Å². The maximum Gasteiger partial charge on any atom is 0.320 e. The maximum absolute atomic E-state index is 10.5. The molecule has 0 saturated carbocycles. The molecule has 1 N–H and O–H groups in total. The molecule has 1 atom stereocenters. The average molecular weight is 189 g/mol. The number of hydrogen-bond acceptors (Lipinski definition) is 2. The topological polar surface area (TPSA) is 61.1 Å². The second kappa shape index (κ2) is 5.03. The van der Waals surface area contributed by atoms with E-state index in [2.05, 4.69) is 0 Å². The fourth-order valence-electron chi connectivity index (χ4n) is 1.20. The Bertz CT molecular complexity index is 340. The zero-order chi connectivity index (χ0) is 10.4. The van der Waals surface area contributed by atoms with Gasteiger partial charge in [-0.1, -0.05) is 30.3 Å². The van der Waals surface area contributed by atoms with Crippen molar-refractivity contribution in [3.63, 3.8) is 0 Å². The van der Waals surface area contributed by atoms with E-state index in [1.807, 2.05) is 30.3 Å². The number of carbonyl (C=O) groups is 1. The molecule has 0 aromatic heterocycles. The van der Waals surface area contributed by atoms with Crippen LogP contribution < -0.4 is 0 Å². The molecule has 3 nitrogen and oxygen atoms in total. The van der Waals surface area contributed by atoms with Crippen LogP contribution in [-0.2, 0) is 11.2 Å². The SMILES string of the molecule is N#C[C@H](CCc1ccccc1)C(=O)O. The van der Waals surface area contributed by atoms with Crippen LogP contribution in [0, 0.1) is 17.2 Å². The highest BCUT2D eigenvalue weighted by Gasteiger charge is 2.15. The molecule has 0 fully saturated rings. The first kappa shape index (κ1) is 10.3. The van der Waals surface area contributed by atoms with Gasteiger partial charge in [-0.3, -0.25) is 4.79 Å². The van der Waals surface area contributed by atoms with Crippen molar-refractivity contribution in [1.82, 2.24) is 0 Å². The zero-order valence-corrected chi connectivity index (χ0v) is 7.68. The number of nitrogens with zero attached hydrogens (tertiary/aromatic N) is 1. The number of nitriles is 1. The van der Waals surface area contributed by atoms with Crippen LogP contribution in [0.2, 0.25) is 0 Å². The lowest BCUT2D eigenvalue weighted by molar-refractivity contribution is -0.139. The number of rotatable bonds is 4. The van der Waals surface area contributed by atoms with E-state index in [-0.39, 0.29) is 0 Å². The van der Waals surface area contributed by atoms with Gasteiger partial charge in [-0.2, -0.15) is 5.26 Å². The second-order valence-corrected chi connectivity index (χ2v) is 3.04. The van der Waals surface area contributed by atoms with Crippen molar-refractivity contribution in [1.29, 1.82) is 5.26 Å². The van der Waals surface area contributed by atoms with Gasteiger partial charge in [0, 0.05) is 0 Å². The van der Waals surface area contributed by atoms with Gasteiger partial charge in [-0.25, -0.2) is 0 Å². The monoisotopic (exact) mass is 189 g/mol. The second-order valence-electron chi connectivity index (χ2n) is 3.04. The lowest BCUT2D eigenvalue weighted by atomic mass is 10.0. The Morgan fingerprint density at radius 3 is 2.57 bits per heavy atom. The first-order chi connectivity index (χ1) is 6.74. The molecule has 1 aromatic carbocycles. The highest BCUT2D eigenvalue weighted by Crippen LogP contribution is 2.09. The Balaban J connectivity index is 2.49. The van der Waals surface area contributed by atoms with Crippen LogP contribution in [0.4, 0.5) is 0 Å². The average Bonchev–Trinajstić information content (AvgIpc) is 2.20. The highest BCUT2D eigenvalue weighted by atomic mass is 16.4. The predicted octanol–water partition coefficient (Wildman–Crippen LogP) is 1.84. The van der Waals surface area contributed by atoms with Crippen molar-refractivity contribution in [3.05, 3.63) is 35.9 Å². The Kier molecular flexibility index (Phi) is 3.69. The molecule has 0 bridgehead atoms. The van der Waals surface area contributed by atoms with Crippen LogP contribution in [-0.4, -0.2) is 11.1 Å². The van der Waals surface area contributed by atoms with Crippen LogP contribution >= 0.6 is 0 Å². The van der Waals surface area contributed by atoms with Crippen molar-refractivity contribution in [2.75, 3.05) is 0 Å². The van der Waals surface area contributed by atoms with E-state index in [9.17, 15) is 4.79 Å². The van der Waals surface area contributed by atoms with Gasteiger partial charge in [0.05, 0.1) is 6.07 Å². The molecule has 0 aliphatic carbocycles. The van der Waals surface area contributed by atoms with Crippen LogP contribution in [0.5, 0.6) is 0 Å². The molecule has 0 unspecified atom stereocenters. The third kappa shape index (κ3) is 2.91. The van der Waals surface area contributed by atoms with Gasteiger partial charge in [0.2, 0.25) is 0 Å². The number of hydrogen-bond donors (Lipinski definition) is 1. The molecular weight excluding hydrogens is 178 g/mol. The summed E-state index contributed by atoms with van der Waals surface area (Å²) >= 11 is 0. The quantitative estimate of drug-likeness (QED) is 0.786. The highest BCUT2D eigenvalue weighted by molar-refractivity contribution is 5.72. The lowest BCUT2D eigenvalue weighted by Gasteiger charge is -2.03. The van der Waals surface area contributed by atoms with Gasteiger partial charge >= 0.3 is 5.97 Å². The van der Waals surface area contributed by atoms with Gasteiger partial charge in [0.25, 0.3) is 0 Å². The number of carboxylic acid groups (broad SMARTS) is 1. The molecule has 0 heterocycles. The summed E-state index contributed by atoms with van der Waals surface area (Å²) in [6.07, 6.45) is 1.00. The van der Waals surface area contributed by atoms with E-state index in [4.69, 9.17) is 10.4 Å². The molecular formula is C11H11NO2. The summed E-state index contributed by atoms with van der Waals surface area (Å²) in [5.41, 5.74) is 1.06. The van der Waals surface area contributed by atoms with E-state index in [0.29, 0.717) is 12.8 Å². The van der Waals surface area contributed by atoms with E-state index >= 15 is 0 Å². The van der Waals surface area contributed by atoms with Gasteiger partial charge < -0.3 is 5.11 Å². The number of aryl methyl sites for hydroxylation is 1. The van der Waals surface area contributed by atoms with Crippen LogP contribution in [0.25, 0.3) is 0 Å². The lowest BCUT2D eigenvalue weighted by Crippen LogP contribution is -2.12. The summed E-state index contributed by atoms with van der Waals surface area (Å²) < 4.78 is 0. The molecule has 0 aliphatic rings. The number of benzene rings is 1. The van der Waals surface area contributed by atoms with Crippen molar-refractivity contribution in [3.8, 4) is 6.07 Å². The van der Waals surface area contributed by atoms with Gasteiger partial charge in [-0.15, -0.1) is 0 Å². The summed E-state index contributed by atoms with van der Waals surface area (Å²) in [7, 11) is 0. The maximum atomic E-state index is 10.5. The minimum Gasteiger partial charge on any atom is -0.480 e. The molecule has 1 rings (SSSR count). The molecule has 0 radical (unpaired) electrons. The van der Waals surface area contributed by atoms with Crippen LogP contribution in [0.3, 0.4) is 0 Å².